The molecule has 1 aliphatic heterocycles. The van der Waals surface area contributed by atoms with Gasteiger partial charge in [-0.05, 0) is 32.6 Å². The topological polar surface area (TPSA) is 28.6 Å². The van der Waals surface area contributed by atoms with E-state index in [0.29, 0.717) is 6.04 Å². The van der Waals surface area contributed by atoms with Gasteiger partial charge in [-0.25, -0.2) is 0 Å². The third-order valence-electron chi connectivity index (χ3n) is 3.31. The number of likely N-dealkylation sites (N-methyl/N-ethyl adjacent to an activating group) is 1. The van der Waals surface area contributed by atoms with Gasteiger partial charge in [-0.1, -0.05) is 6.92 Å². The molecular formula is C14H23N3O. The molecule has 4 heteroatoms. The van der Waals surface area contributed by atoms with E-state index in [1.54, 1.807) is 0 Å². The zero-order valence-electron chi connectivity index (χ0n) is 11.6. The van der Waals surface area contributed by atoms with Crippen LogP contribution >= 0.6 is 0 Å². The third kappa shape index (κ3) is 3.21. The van der Waals surface area contributed by atoms with E-state index in [1.165, 1.54) is 5.69 Å². The second kappa shape index (κ2) is 6.16. The minimum atomic E-state index is 0.419. The van der Waals surface area contributed by atoms with Crippen LogP contribution in [0.5, 0.6) is 0 Å². The Morgan fingerprint density at radius 1 is 1.44 bits per heavy atom. The van der Waals surface area contributed by atoms with Crippen molar-refractivity contribution in [3.05, 3.63) is 24.0 Å². The molecule has 1 aliphatic rings. The van der Waals surface area contributed by atoms with Crippen LogP contribution in [0.4, 0.5) is 5.69 Å². The molecule has 1 fully saturated rings. The zero-order chi connectivity index (χ0) is 13.0. The van der Waals surface area contributed by atoms with Crippen LogP contribution in [-0.2, 0) is 11.2 Å². The summed E-state index contributed by atoms with van der Waals surface area (Å²) in [5.41, 5.74) is 2.36. The number of hydrogen-bond donors (Lipinski definition) is 0. The molecule has 1 atom stereocenters. The third-order valence-corrected chi connectivity index (χ3v) is 3.31. The number of aryl methyl sites for hydroxylation is 1. The molecule has 0 spiro atoms. The van der Waals surface area contributed by atoms with E-state index in [4.69, 9.17) is 4.74 Å². The highest BCUT2D eigenvalue weighted by molar-refractivity contribution is 5.46. The maximum Gasteiger partial charge on any atom is 0.0683 e. The Hall–Kier alpha value is -1.13. The van der Waals surface area contributed by atoms with E-state index in [1.807, 2.05) is 6.20 Å². The van der Waals surface area contributed by atoms with Crippen LogP contribution < -0.4 is 4.90 Å². The molecule has 0 aliphatic carbocycles. The second-order valence-electron chi connectivity index (χ2n) is 5.05. The first-order chi connectivity index (χ1) is 8.70. The predicted octanol–water partition coefficient (Wildman–Crippen LogP) is 1.41. The first-order valence-corrected chi connectivity index (χ1v) is 6.64. The largest absolute Gasteiger partial charge is 0.377 e. The van der Waals surface area contributed by atoms with Crippen LogP contribution in [0.15, 0.2) is 18.3 Å². The Labute approximate surface area is 110 Å². The fourth-order valence-electron chi connectivity index (χ4n) is 2.36. The van der Waals surface area contributed by atoms with Gasteiger partial charge in [0.1, 0.15) is 0 Å². The van der Waals surface area contributed by atoms with Gasteiger partial charge in [-0.15, -0.1) is 0 Å². The summed E-state index contributed by atoms with van der Waals surface area (Å²) in [6, 6.07) is 4.72. The number of pyridine rings is 1. The normalized spacial score (nSPS) is 20.4. The average Bonchev–Trinajstić information content (AvgIpc) is 2.39. The van der Waals surface area contributed by atoms with Crippen molar-refractivity contribution in [2.75, 3.05) is 45.3 Å². The Balaban J connectivity index is 2.11. The SMILES string of the molecule is CCc1ccc(N2CCOC[C@H]2CN(C)C)cn1. The molecule has 0 bridgehead atoms. The summed E-state index contributed by atoms with van der Waals surface area (Å²) < 4.78 is 5.59. The summed E-state index contributed by atoms with van der Waals surface area (Å²) in [6.07, 6.45) is 2.98. The van der Waals surface area contributed by atoms with Crippen molar-refractivity contribution >= 4 is 5.69 Å². The Kier molecular flexibility index (Phi) is 4.55. The van der Waals surface area contributed by atoms with Gasteiger partial charge in [-0.3, -0.25) is 4.98 Å². The van der Waals surface area contributed by atoms with E-state index in [-0.39, 0.29) is 0 Å². The van der Waals surface area contributed by atoms with Crippen molar-refractivity contribution in [3.63, 3.8) is 0 Å². The number of hydrogen-bond acceptors (Lipinski definition) is 4. The second-order valence-corrected chi connectivity index (χ2v) is 5.05. The molecule has 0 unspecified atom stereocenters. The molecule has 4 nitrogen and oxygen atoms in total. The van der Waals surface area contributed by atoms with E-state index < -0.39 is 0 Å². The standard InChI is InChI=1S/C14H23N3O/c1-4-12-5-6-13(9-15-12)17-7-8-18-11-14(17)10-16(2)3/h5-6,9,14H,4,7-8,10-11H2,1-3H3/t14-/m1/s1. The smallest absolute Gasteiger partial charge is 0.0683 e. The molecule has 0 N–H and O–H groups in total. The first kappa shape index (κ1) is 13.3. The molecule has 1 aromatic heterocycles. The van der Waals surface area contributed by atoms with E-state index >= 15 is 0 Å². The highest BCUT2D eigenvalue weighted by atomic mass is 16.5. The molecule has 1 saturated heterocycles. The highest BCUT2D eigenvalue weighted by Crippen LogP contribution is 2.19. The van der Waals surface area contributed by atoms with Crippen molar-refractivity contribution in [1.82, 2.24) is 9.88 Å². The number of anilines is 1. The molecule has 2 heterocycles. The maximum absolute atomic E-state index is 5.59. The number of morpholine rings is 1. The Bertz CT molecular complexity index is 364. The lowest BCUT2D eigenvalue weighted by Gasteiger charge is -2.38. The molecule has 0 amide bonds. The molecule has 0 radical (unpaired) electrons. The van der Waals surface area contributed by atoms with Gasteiger partial charge in [0.2, 0.25) is 0 Å². The lowest BCUT2D eigenvalue weighted by atomic mass is 10.2. The first-order valence-electron chi connectivity index (χ1n) is 6.64. The number of aromatic nitrogens is 1. The lowest BCUT2D eigenvalue weighted by molar-refractivity contribution is 0.0854. The van der Waals surface area contributed by atoms with Gasteiger partial charge < -0.3 is 14.5 Å². The Morgan fingerprint density at radius 2 is 2.28 bits per heavy atom. The number of rotatable bonds is 4. The van der Waals surface area contributed by atoms with E-state index in [0.717, 1.165) is 38.4 Å². The molecule has 100 valence electrons. The Morgan fingerprint density at radius 3 is 2.89 bits per heavy atom. The minimum Gasteiger partial charge on any atom is -0.377 e. The maximum atomic E-state index is 5.59. The van der Waals surface area contributed by atoms with Crippen molar-refractivity contribution in [1.29, 1.82) is 0 Å². The van der Waals surface area contributed by atoms with Crippen LogP contribution in [0.25, 0.3) is 0 Å². The van der Waals surface area contributed by atoms with Crippen LogP contribution in [-0.4, -0.2) is 56.3 Å². The molecule has 18 heavy (non-hydrogen) atoms. The van der Waals surface area contributed by atoms with Crippen LogP contribution in [0.2, 0.25) is 0 Å². The number of ether oxygens (including phenoxy) is 1. The van der Waals surface area contributed by atoms with Gasteiger partial charge in [0.05, 0.1) is 31.1 Å². The highest BCUT2D eigenvalue weighted by Gasteiger charge is 2.23. The minimum absolute atomic E-state index is 0.419. The van der Waals surface area contributed by atoms with Crippen LogP contribution in [0.1, 0.15) is 12.6 Å². The van der Waals surface area contributed by atoms with Crippen molar-refractivity contribution in [2.24, 2.45) is 0 Å². The van der Waals surface area contributed by atoms with Crippen LogP contribution in [0, 0.1) is 0 Å². The molecule has 0 saturated carbocycles. The van der Waals surface area contributed by atoms with Crippen LogP contribution in [0.3, 0.4) is 0 Å². The fourth-order valence-corrected chi connectivity index (χ4v) is 2.36. The summed E-state index contributed by atoms with van der Waals surface area (Å²) in [6.45, 7) is 5.69. The summed E-state index contributed by atoms with van der Waals surface area (Å²) in [5, 5.41) is 0. The zero-order valence-corrected chi connectivity index (χ0v) is 11.6. The summed E-state index contributed by atoms with van der Waals surface area (Å²) in [5.74, 6) is 0. The van der Waals surface area contributed by atoms with Crippen molar-refractivity contribution in [2.45, 2.75) is 19.4 Å². The van der Waals surface area contributed by atoms with E-state index in [9.17, 15) is 0 Å². The molecule has 2 rings (SSSR count). The summed E-state index contributed by atoms with van der Waals surface area (Å²) in [7, 11) is 4.20. The van der Waals surface area contributed by atoms with Gasteiger partial charge in [0, 0.05) is 18.8 Å². The number of nitrogens with zero attached hydrogens (tertiary/aromatic N) is 3. The van der Waals surface area contributed by atoms with Crippen molar-refractivity contribution in [3.8, 4) is 0 Å². The monoisotopic (exact) mass is 249 g/mol. The average molecular weight is 249 g/mol. The quantitative estimate of drug-likeness (QED) is 0.807. The van der Waals surface area contributed by atoms with Gasteiger partial charge in [0.25, 0.3) is 0 Å². The summed E-state index contributed by atoms with van der Waals surface area (Å²) >= 11 is 0. The molecule has 1 aromatic rings. The van der Waals surface area contributed by atoms with E-state index in [2.05, 4.69) is 47.9 Å². The van der Waals surface area contributed by atoms with Gasteiger partial charge >= 0.3 is 0 Å². The fraction of sp³-hybridized carbons (Fsp3) is 0.643. The lowest BCUT2D eigenvalue weighted by Crippen LogP contribution is -2.50. The van der Waals surface area contributed by atoms with Gasteiger partial charge in [-0.2, -0.15) is 0 Å². The molecule has 0 aromatic carbocycles. The van der Waals surface area contributed by atoms with Crippen molar-refractivity contribution < 1.29 is 4.74 Å². The predicted molar refractivity (Wildman–Crippen MR) is 74.1 cm³/mol. The summed E-state index contributed by atoms with van der Waals surface area (Å²) in [4.78, 5) is 9.11. The molecular weight excluding hydrogens is 226 g/mol. The van der Waals surface area contributed by atoms with Gasteiger partial charge in [0.15, 0.2) is 0 Å².